The predicted molar refractivity (Wildman–Crippen MR) is 144 cm³/mol. The van der Waals surface area contributed by atoms with E-state index in [1.54, 1.807) is 0 Å². The summed E-state index contributed by atoms with van der Waals surface area (Å²) < 4.78 is 71.3. The molecule has 4 rings (SSSR count). The summed E-state index contributed by atoms with van der Waals surface area (Å²) in [5.41, 5.74) is 4.55. The van der Waals surface area contributed by atoms with E-state index < -0.39 is 30.0 Å². The van der Waals surface area contributed by atoms with Crippen LogP contribution in [0.1, 0.15) is 11.1 Å². The van der Waals surface area contributed by atoms with Crippen molar-refractivity contribution in [2.45, 2.75) is 9.79 Å². The van der Waals surface area contributed by atoms with Crippen LogP contribution in [0, 0.1) is 0 Å². The molecule has 192 valence electrons. The number of allylic oxidation sites excluding steroid dienone is 5. The summed E-state index contributed by atoms with van der Waals surface area (Å²) >= 11 is 0. The number of nitrogens with zero attached hydrogens (tertiary/aromatic N) is 2. The Morgan fingerprint density at radius 1 is 0.842 bits per heavy atom. The Kier molecular flexibility index (Phi) is 8.89. The van der Waals surface area contributed by atoms with Gasteiger partial charge in [0.05, 0.1) is 9.79 Å². The molecule has 0 spiro atoms. The van der Waals surface area contributed by atoms with Gasteiger partial charge in [-0.05, 0) is 81.6 Å². The van der Waals surface area contributed by atoms with Crippen molar-refractivity contribution in [3.8, 4) is 0 Å². The second-order valence-corrected chi connectivity index (χ2v) is 11.8. The number of anilines is 1. The molecule has 0 heterocycles. The molecule has 1 aliphatic carbocycles. The Labute approximate surface area is 245 Å². The van der Waals surface area contributed by atoms with Crippen molar-refractivity contribution in [1.29, 1.82) is 0 Å². The van der Waals surface area contributed by atoms with E-state index in [0.29, 0.717) is 16.5 Å². The molecule has 8 nitrogen and oxygen atoms in total. The van der Waals surface area contributed by atoms with Crippen molar-refractivity contribution in [3.05, 3.63) is 95.6 Å². The molecular formula is C27H26N2NaO6S2+. The molecule has 0 saturated heterocycles. The standard InChI is InChI=1S/C27H26N2O6S2.Na/c1-28(2)21-9-5-18(6-10-21)27(19-7-11-22(12-8-19)29(3)4)26-17-24(37(33,34)35)16-20-15-23(36(30,31)32)13-14-25(20)26;/h5-17H,1-4H3,(H-,30,31,32,33,34,35);/q;+1. The largest absolute Gasteiger partial charge is 1.00 e. The van der Waals surface area contributed by atoms with Crippen molar-refractivity contribution in [3.63, 3.8) is 0 Å². The number of rotatable bonds is 5. The minimum Gasteiger partial charge on any atom is -0.744 e. The molecule has 1 N–H and O–H groups in total. The topological polar surface area (TPSA) is 118 Å². The fourth-order valence-corrected chi connectivity index (χ4v) is 5.21. The van der Waals surface area contributed by atoms with Gasteiger partial charge in [-0.15, -0.1) is 0 Å². The van der Waals surface area contributed by atoms with E-state index in [1.807, 2.05) is 86.2 Å². The third-order valence-corrected chi connectivity index (χ3v) is 7.76. The molecule has 0 atom stereocenters. The Balaban J connectivity index is 0.00000400. The van der Waals surface area contributed by atoms with Gasteiger partial charge < -0.3 is 9.45 Å². The van der Waals surface area contributed by atoms with Gasteiger partial charge in [-0.2, -0.15) is 8.42 Å². The van der Waals surface area contributed by atoms with E-state index in [4.69, 9.17) is 0 Å². The Morgan fingerprint density at radius 2 is 1.42 bits per heavy atom. The van der Waals surface area contributed by atoms with E-state index in [1.165, 1.54) is 18.2 Å². The van der Waals surface area contributed by atoms with E-state index in [2.05, 4.69) is 0 Å². The van der Waals surface area contributed by atoms with Gasteiger partial charge in [0.25, 0.3) is 10.1 Å². The minimum absolute atomic E-state index is 0. The summed E-state index contributed by atoms with van der Waals surface area (Å²) in [6.45, 7) is 0. The molecule has 0 bridgehead atoms. The summed E-state index contributed by atoms with van der Waals surface area (Å²) in [4.78, 5) is 1.04. The van der Waals surface area contributed by atoms with Gasteiger partial charge in [0.2, 0.25) is 0 Å². The third kappa shape index (κ3) is 6.35. The van der Waals surface area contributed by atoms with E-state index >= 15 is 0 Å². The van der Waals surface area contributed by atoms with E-state index in [9.17, 15) is 25.9 Å². The van der Waals surface area contributed by atoms with Crippen molar-refractivity contribution in [1.82, 2.24) is 0 Å². The van der Waals surface area contributed by atoms with Crippen molar-refractivity contribution in [2.75, 3.05) is 33.1 Å². The maximum atomic E-state index is 12.1. The first-order valence-electron chi connectivity index (χ1n) is 11.2. The first-order valence-corrected chi connectivity index (χ1v) is 14.0. The first kappa shape index (κ1) is 30.0. The van der Waals surface area contributed by atoms with Gasteiger partial charge >= 0.3 is 29.6 Å². The normalized spacial score (nSPS) is 13.4. The fourth-order valence-electron chi connectivity index (χ4n) is 4.16. The molecule has 3 aromatic carbocycles. The van der Waals surface area contributed by atoms with E-state index in [0.717, 1.165) is 34.7 Å². The van der Waals surface area contributed by atoms with Crippen LogP contribution in [-0.2, 0) is 20.2 Å². The first-order chi connectivity index (χ1) is 17.3. The maximum Gasteiger partial charge on any atom is 1.00 e. The van der Waals surface area contributed by atoms with Crippen LogP contribution in [0.2, 0.25) is 0 Å². The monoisotopic (exact) mass is 561 g/mol. The molecule has 0 unspecified atom stereocenters. The molecule has 0 amide bonds. The smallest absolute Gasteiger partial charge is 0.744 e. The van der Waals surface area contributed by atoms with Crippen LogP contribution in [0.15, 0.2) is 94.3 Å². The molecule has 0 fully saturated rings. The summed E-state index contributed by atoms with van der Waals surface area (Å²) in [5.74, 6) is 0. The zero-order chi connectivity index (χ0) is 27.1. The second-order valence-electron chi connectivity index (χ2n) is 9.04. The second kappa shape index (κ2) is 11.3. The van der Waals surface area contributed by atoms with Gasteiger partial charge in [0.1, 0.15) is 24.2 Å². The summed E-state index contributed by atoms with van der Waals surface area (Å²) in [5, 5.41) is 0.706. The van der Waals surface area contributed by atoms with Crippen molar-refractivity contribution >= 4 is 48.0 Å². The van der Waals surface area contributed by atoms with Gasteiger partial charge in [-0.25, -0.2) is 13.0 Å². The Bertz CT molecular complexity index is 1730. The van der Waals surface area contributed by atoms with Crippen molar-refractivity contribution < 1.29 is 60.1 Å². The van der Waals surface area contributed by atoms with Gasteiger partial charge in [-0.1, -0.05) is 18.2 Å². The minimum atomic E-state index is -4.89. The molecule has 0 aromatic heterocycles. The van der Waals surface area contributed by atoms with Crippen LogP contribution in [-0.4, -0.2) is 64.4 Å². The average Bonchev–Trinajstić information content (AvgIpc) is 2.83. The maximum absolute atomic E-state index is 12.1. The average molecular weight is 562 g/mol. The predicted octanol–water partition coefficient (Wildman–Crippen LogP) is 0.702. The summed E-state index contributed by atoms with van der Waals surface area (Å²) in [6, 6.07) is 14.0. The quantitative estimate of drug-likeness (QED) is 0.277. The van der Waals surface area contributed by atoms with E-state index in [-0.39, 0.29) is 34.9 Å². The van der Waals surface area contributed by atoms with Crippen LogP contribution >= 0.6 is 0 Å². The number of benzene rings is 3. The van der Waals surface area contributed by atoms with Crippen LogP contribution in [0.5, 0.6) is 0 Å². The molecule has 38 heavy (non-hydrogen) atoms. The Morgan fingerprint density at radius 3 is 1.92 bits per heavy atom. The van der Waals surface area contributed by atoms with Crippen LogP contribution in [0.3, 0.4) is 0 Å². The van der Waals surface area contributed by atoms with Crippen LogP contribution in [0.4, 0.5) is 5.69 Å². The van der Waals surface area contributed by atoms with Gasteiger partial charge in [-0.3, -0.25) is 4.55 Å². The molecule has 0 saturated carbocycles. The number of hydrogen-bond acceptors (Lipinski definition) is 6. The zero-order valence-corrected chi connectivity index (χ0v) is 25.3. The fraction of sp³-hybridized carbons (Fsp3) is 0.148. The summed E-state index contributed by atoms with van der Waals surface area (Å²) in [6.07, 6.45) is 7.66. The zero-order valence-electron chi connectivity index (χ0n) is 21.7. The third-order valence-electron chi connectivity index (χ3n) is 6.10. The molecule has 11 heteroatoms. The SMILES string of the molecule is CN(C)c1ccc(C(=C2C=CC(=[N+](C)C)C=C2)c2cc(S(=O)(=O)[O-])cc3cc(S(=O)(=O)O)ccc23)cc1.[Na+]. The molecule has 1 aliphatic rings. The number of fused-ring (bicyclic) bond motifs is 1. The van der Waals surface area contributed by atoms with Gasteiger partial charge in [0.15, 0.2) is 5.71 Å². The molecule has 0 radical (unpaired) electrons. The molecule has 0 aliphatic heterocycles. The van der Waals surface area contributed by atoms with Gasteiger partial charge in [0, 0.05) is 31.9 Å². The molecular weight excluding hydrogens is 535 g/mol. The van der Waals surface area contributed by atoms with Crippen LogP contribution < -0.4 is 34.5 Å². The summed E-state index contributed by atoms with van der Waals surface area (Å²) in [7, 11) is -1.76. The number of hydrogen-bond donors (Lipinski definition) is 1. The van der Waals surface area contributed by atoms with Crippen LogP contribution in [0.25, 0.3) is 16.3 Å². The van der Waals surface area contributed by atoms with Crippen molar-refractivity contribution in [2.24, 2.45) is 0 Å². The molecule has 3 aromatic rings. The Hall–Kier alpha value is -2.57.